The van der Waals surface area contributed by atoms with E-state index in [1.807, 2.05) is 0 Å². The number of rotatable bonds is 7. The Morgan fingerprint density at radius 3 is 2.59 bits per heavy atom. The molecule has 1 aliphatic rings. The van der Waals surface area contributed by atoms with Crippen LogP contribution >= 0.6 is 0 Å². The van der Waals surface area contributed by atoms with E-state index in [0.29, 0.717) is 19.6 Å². The number of likely N-dealkylation sites (tertiary alicyclic amines) is 1. The van der Waals surface area contributed by atoms with Crippen LogP contribution in [-0.2, 0) is 4.79 Å². The number of nitrogens with zero attached hydrogens (tertiary/aromatic N) is 1. The number of amides is 1. The van der Waals surface area contributed by atoms with E-state index < -0.39 is 5.41 Å². The quantitative estimate of drug-likeness (QED) is 0.565. The molecule has 1 heterocycles. The van der Waals surface area contributed by atoms with Gasteiger partial charge in [-0.3, -0.25) is 4.79 Å². The summed E-state index contributed by atoms with van der Waals surface area (Å²) >= 11 is 0. The normalized spacial score (nSPS) is 19.5. The third-order valence-corrected chi connectivity index (χ3v) is 3.28. The third kappa shape index (κ3) is 5.02. The minimum atomic E-state index is -0.562. The maximum atomic E-state index is 11.1. The topological polar surface area (TPSA) is 78.6 Å². The molecule has 5 nitrogen and oxygen atoms in total. The summed E-state index contributed by atoms with van der Waals surface area (Å²) in [5.41, 5.74) is 4.71. The lowest BCUT2D eigenvalue weighted by Crippen LogP contribution is -2.44. The van der Waals surface area contributed by atoms with Crippen LogP contribution in [0.3, 0.4) is 0 Å². The molecule has 0 radical (unpaired) electrons. The lowest BCUT2D eigenvalue weighted by molar-refractivity contribution is -0.125. The second-order valence-electron chi connectivity index (χ2n) is 5.54. The van der Waals surface area contributed by atoms with Crippen molar-refractivity contribution < 1.29 is 9.90 Å². The van der Waals surface area contributed by atoms with Crippen molar-refractivity contribution in [2.45, 2.75) is 32.8 Å². The van der Waals surface area contributed by atoms with Gasteiger partial charge < -0.3 is 21.1 Å². The Labute approximate surface area is 103 Å². The van der Waals surface area contributed by atoms with Crippen LogP contribution < -0.4 is 11.1 Å². The molecular formula is C12H25N3O2. The van der Waals surface area contributed by atoms with Crippen molar-refractivity contribution in [2.24, 2.45) is 11.1 Å². The highest BCUT2D eigenvalue weighted by Gasteiger charge is 2.24. The summed E-state index contributed by atoms with van der Waals surface area (Å²) in [4.78, 5) is 13.4. The number of nitrogens with one attached hydrogen (secondary N) is 1. The van der Waals surface area contributed by atoms with Gasteiger partial charge in [0, 0.05) is 19.6 Å². The molecule has 5 heteroatoms. The van der Waals surface area contributed by atoms with Crippen LogP contribution in [0.5, 0.6) is 0 Å². The van der Waals surface area contributed by atoms with E-state index in [2.05, 4.69) is 10.2 Å². The fraction of sp³-hybridized carbons (Fsp3) is 0.917. The summed E-state index contributed by atoms with van der Waals surface area (Å²) in [5, 5.41) is 12.9. The Balaban J connectivity index is 2.15. The Kier molecular flexibility index (Phi) is 5.36. The fourth-order valence-corrected chi connectivity index (χ4v) is 1.97. The highest BCUT2D eigenvalue weighted by molar-refractivity contribution is 5.80. The van der Waals surface area contributed by atoms with Gasteiger partial charge in [0.2, 0.25) is 5.91 Å². The van der Waals surface area contributed by atoms with E-state index in [4.69, 9.17) is 5.73 Å². The minimum Gasteiger partial charge on any atom is -0.390 e. The average Bonchev–Trinajstić information content (AvgIpc) is 2.69. The summed E-state index contributed by atoms with van der Waals surface area (Å²) in [6.45, 7) is 7.49. The molecule has 100 valence electrons. The predicted octanol–water partition coefficient (Wildman–Crippen LogP) is -0.456. The number of carbonyl (C=O) groups is 1. The highest BCUT2D eigenvalue weighted by atomic mass is 16.3. The van der Waals surface area contributed by atoms with Crippen molar-refractivity contribution in [2.75, 3.05) is 32.7 Å². The van der Waals surface area contributed by atoms with Crippen molar-refractivity contribution >= 4 is 5.91 Å². The fourth-order valence-electron chi connectivity index (χ4n) is 1.97. The average molecular weight is 243 g/mol. The van der Waals surface area contributed by atoms with E-state index in [-0.39, 0.29) is 12.0 Å². The van der Waals surface area contributed by atoms with Gasteiger partial charge in [0.05, 0.1) is 11.5 Å². The first kappa shape index (κ1) is 14.4. The number of β-amino-alcohol motifs (C(OH)–C–C–N with tert-alkyl or cyclic N) is 1. The molecule has 1 aliphatic heterocycles. The van der Waals surface area contributed by atoms with E-state index in [9.17, 15) is 9.90 Å². The van der Waals surface area contributed by atoms with Gasteiger partial charge in [-0.15, -0.1) is 0 Å². The molecule has 0 spiro atoms. The molecule has 1 amide bonds. The number of primary amides is 1. The smallest absolute Gasteiger partial charge is 0.224 e. The summed E-state index contributed by atoms with van der Waals surface area (Å²) in [6, 6.07) is 0. The SMILES string of the molecule is CC(C)(CNCC(O)CN1CCCC1)C(N)=O. The van der Waals surface area contributed by atoms with Gasteiger partial charge in [0.25, 0.3) is 0 Å². The van der Waals surface area contributed by atoms with Crippen LogP contribution in [0.4, 0.5) is 0 Å². The molecule has 1 fully saturated rings. The molecule has 0 aromatic carbocycles. The van der Waals surface area contributed by atoms with E-state index in [1.165, 1.54) is 12.8 Å². The summed E-state index contributed by atoms with van der Waals surface area (Å²) in [5.74, 6) is -0.320. The van der Waals surface area contributed by atoms with Crippen molar-refractivity contribution in [1.29, 1.82) is 0 Å². The number of aliphatic hydroxyl groups is 1. The van der Waals surface area contributed by atoms with Crippen molar-refractivity contribution in [3.8, 4) is 0 Å². The van der Waals surface area contributed by atoms with Gasteiger partial charge in [-0.25, -0.2) is 0 Å². The van der Waals surface area contributed by atoms with Crippen LogP contribution in [0.25, 0.3) is 0 Å². The second kappa shape index (κ2) is 6.33. The zero-order valence-corrected chi connectivity index (χ0v) is 10.9. The van der Waals surface area contributed by atoms with Gasteiger partial charge in [0.15, 0.2) is 0 Å². The molecular weight excluding hydrogens is 218 g/mol. The summed E-state index contributed by atoms with van der Waals surface area (Å²) < 4.78 is 0. The van der Waals surface area contributed by atoms with Crippen LogP contribution in [0.2, 0.25) is 0 Å². The highest BCUT2D eigenvalue weighted by Crippen LogP contribution is 2.12. The Hall–Kier alpha value is -0.650. The lowest BCUT2D eigenvalue weighted by Gasteiger charge is -2.23. The number of aliphatic hydroxyl groups excluding tert-OH is 1. The van der Waals surface area contributed by atoms with Crippen molar-refractivity contribution in [1.82, 2.24) is 10.2 Å². The summed E-state index contributed by atoms with van der Waals surface area (Å²) in [6.07, 6.45) is 2.08. The maximum Gasteiger partial charge on any atom is 0.224 e. The van der Waals surface area contributed by atoms with Gasteiger partial charge in [-0.05, 0) is 39.8 Å². The van der Waals surface area contributed by atoms with Gasteiger partial charge in [0.1, 0.15) is 0 Å². The molecule has 1 atom stereocenters. The van der Waals surface area contributed by atoms with Gasteiger partial charge in [-0.1, -0.05) is 0 Å². The molecule has 1 rings (SSSR count). The Bertz CT molecular complexity index is 250. The van der Waals surface area contributed by atoms with Gasteiger partial charge in [-0.2, -0.15) is 0 Å². The Morgan fingerprint density at radius 1 is 1.47 bits per heavy atom. The third-order valence-electron chi connectivity index (χ3n) is 3.28. The molecule has 0 bridgehead atoms. The second-order valence-corrected chi connectivity index (χ2v) is 5.54. The van der Waals surface area contributed by atoms with Crippen LogP contribution in [0, 0.1) is 5.41 Å². The molecule has 4 N–H and O–H groups in total. The molecule has 0 aromatic rings. The lowest BCUT2D eigenvalue weighted by atomic mass is 9.93. The molecule has 0 saturated carbocycles. The van der Waals surface area contributed by atoms with E-state index in [1.54, 1.807) is 13.8 Å². The predicted molar refractivity (Wildman–Crippen MR) is 67.5 cm³/mol. The van der Waals surface area contributed by atoms with E-state index >= 15 is 0 Å². The summed E-state index contributed by atoms with van der Waals surface area (Å²) in [7, 11) is 0. The number of carbonyl (C=O) groups excluding carboxylic acids is 1. The van der Waals surface area contributed by atoms with Gasteiger partial charge >= 0.3 is 0 Å². The standard InChI is InChI=1S/C12H25N3O2/c1-12(2,11(13)17)9-14-7-10(16)8-15-5-3-4-6-15/h10,14,16H,3-9H2,1-2H3,(H2,13,17). The number of hydrogen-bond donors (Lipinski definition) is 3. The monoisotopic (exact) mass is 243 g/mol. The van der Waals surface area contributed by atoms with Crippen molar-refractivity contribution in [3.05, 3.63) is 0 Å². The zero-order valence-electron chi connectivity index (χ0n) is 10.9. The first-order chi connectivity index (χ1) is 7.92. The van der Waals surface area contributed by atoms with Crippen LogP contribution in [0.15, 0.2) is 0 Å². The molecule has 0 aromatic heterocycles. The number of nitrogens with two attached hydrogens (primary N) is 1. The Morgan fingerprint density at radius 2 is 2.06 bits per heavy atom. The zero-order chi connectivity index (χ0) is 12.9. The van der Waals surface area contributed by atoms with Crippen LogP contribution in [0.1, 0.15) is 26.7 Å². The number of hydrogen-bond acceptors (Lipinski definition) is 4. The molecule has 17 heavy (non-hydrogen) atoms. The maximum absolute atomic E-state index is 11.1. The molecule has 1 unspecified atom stereocenters. The van der Waals surface area contributed by atoms with Crippen LogP contribution in [-0.4, -0.2) is 54.7 Å². The first-order valence-corrected chi connectivity index (χ1v) is 6.33. The first-order valence-electron chi connectivity index (χ1n) is 6.33. The largest absolute Gasteiger partial charge is 0.390 e. The van der Waals surface area contributed by atoms with E-state index in [0.717, 1.165) is 13.1 Å². The van der Waals surface area contributed by atoms with Crippen molar-refractivity contribution in [3.63, 3.8) is 0 Å². The molecule has 1 saturated heterocycles. The minimum absolute atomic E-state index is 0.320. The molecule has 0 aliphatic carbocycles.